The third-order valence-electron chi connectivity index (χ3n) is 4.54. The predicted molar refractivity (Wildman–Crippen MR) is 92.3 cm³/mol. The minimum Gasteiger partial charge on any atom is -0.369 e. The molecule has 21 heavy (non-hydrogen) atoms. The van der Waals surface area contributed by atoms with Gasteiger partial charge in [0, 0.05) is 31.9 Å². The Kier molecular flexibility index (Phi) is 6.52. The maximum atomic E-state index is 3.49. The SMILES string of the molecule is CCCNCCCN1CCN(c2cccc(C)c2C)CC1. The highest BCUT2D eigenvalue weighted by atomic mass is 15.3. The topological polar surface area (TPSA) is 18.5 Å². The van der Waals surface area contributed by atoms with Crippen molar-refractivity contribution in [2.24, 2.45) is 0 Å². The highest BCUT2D eigenvalue weighted by molar-refractivity contribution is 5.56. The van der Waals surface area contributed by atoms with Crippen molar-refractivity contribution < 1.29 is 0 Å². The zero-order chi connectivity index (χ0) is 15.1. The Morgan fingerprint density at radius 1 is 1.05 bits per heavy atom. The van der Waals surface area contributed by atoms with Gasteiger partial charge in [-0.05, 0) is 63.5 Å². The van der Waals surface area contributed by atoms with Gasteiger partial charge in [-0.15, -0.1) is 0 Å². The van der Waals surface area contributed by atoms with Gasteiger partial charge in [0.15, 0.2) is 0 Å². The number of aryl methyl sites for hydroxylation is 1. The summed E-state index contributed by atoms with van der Waals surface area (Å²) in [4.78, 5) is 5.16. The van der Waals surface area contributed by atoms with Crippen molar-refractivity contribution in [3.05, 3.63) is 29.3 Å². The molecule has 1 N–H and O–H groups in total. The van der Waals surface area contributed by atoms with Crippen LogP contribution in [0.25, 0.3) is 0 Å². The lowest BCUT2D eigenvalue weighted by molar-refractivity contribution is 0.254. The van der Waals surface area contributed by atoms with Crippen LogP contribution in [-0.2, 0) is 0 Å². The normalized spacial score (nSPS) is 16.4. The van der Waals surface area contributed by atoms with Crippen LogP contribution in [0.2, 0.25) is 0 Å². The van der Waals surface area contributed by atoms with Gasteiger partial charge in [-0.2, -0.15) is 0 Å². The molecule has 0 radical (unpaired) electrons. The van der Waals surface area contributed by atoms with Gasteiger partial charge < -0.3 is 10.2 Å². The maximum absolute atomic E-state index is 3.49. The fourth-order valence-corrected chi connectivity index (χ4v) is 3.02. The van der Waals surface area contributed by atoms with Crippen molar-refractivity contribution >= 4 is 5.69 Å². The van der Waals surface area contributed by atoms with E-state index in [4.69, 9.17) is 0 Å². The molecular formula is C18H31N3. The van der Waals surface area contributed by atoms with Crippen LogP contribution in [-0.4, -0.2) is 50.7 Å². The minimum atomic E-state index is 1.15. The van der Waals surface area contributed by atoms with Crippen LogP contribution >= 0.6 is 0 Å². The van der Waals surface area contributed by atoms with Gasteiger partial charge in [-0.1, -0.05) is 19.1 Å². The summed E-state index contributed by atoms with van der Waals surface area (Å²) >= 11 is 0. The summed E-state index contributed by atoms with van der Waals surface area (Å²) in [6, 6.07) is 6.66. The molecule has 1 aliphatic rings. The second kappa shape index (κ2) is 8.40. The summed E-state index contributed by atoms with van der Waals surface area (Å²) in [5, 5.41) is 3.49. The first-order valence-corrected chi connectivity index (χ1v) is 8.46. The average Bonchev–Trinajstić information content (AvgIpc) is 2.51. The molecule has 0 amide bonds. The molecule has 0 bridgehead atoms. The van der Waals surface area contributed by atoms with Gasteiger partial charge in [-0.3, -0.25) is 4.90 Å². The number of rotatable bonds is 7. The Balaban J connectivity index is 1.74. The summed E-state index contributed by atoms with van der Waals surface area (Å²) in [6.45, 7) is 14.9. The van der Waals surface area contributed by atoms with E-state index in [2.05, 4.69) is 54.1 Å². The molecule has 1 aliphatic heterocycles. The molecular weight excluding hydrogens is 258 g/mol. The van der Waals surface area contributed by atoms with Gasteiger partial charge in [0.05, 0.1) is 0 Å². The molecule has 2 rings (SSSR count). The lowest BCUT2D eigenvalue weighted by Gasteiger charge is -2.37. The number of piperazine rings is 1. The Morgan fingerprint density at radius 3 is 2.52 bits per heavy atom. The number of hydrogen-bond donors (Lipinski definition) is 1. The molecule has 0 aliphatic carbocycles. The van der Waals surface area contributed by atoms with Crippen molar-refractivity contribution in [2.75, 3.05) is 50.7 Å². The van der Waals surface area contributed by atoms with E-state index in [-0.39, 0.29) is 0 Å². The summed E-state index contributed by atoms with van der Waals surface area (Å²) in [5.74, 6) is 0. The maximum Gasteiger partial charge on any atom is 0.0399 e. The molecule has 0 atom stereocenters. The molecule has 1 heterocycles. The summed E-state index contributed by atoms with van der Waals surface area (Å²) in [5.41, 5.74) is 4.27. The fraction of sp³-hybridized carbons (Fsp3) is 0.667. The van der Waals surface area contributed by atoms with Gasteiger partial charge >= 0.3 is 0 Å². The summed E-state index contributed by atoms with van der Waals surface area (Å²) < 4.78 is 0. The summed E-state index contributed by atoms with van der Waals surface area (Å²) in [6.07, 6.45) is 2.50. The predicted octanol–water partition coefficient (Wildman–Crippen LogP) is 2.82. The Hall–Kier alpha value is -1.06. The number of nitrogens with one attached hydrogen (secondary N) is 1. The van der Waals surface area contributed by atoms with E-state index in [9.17, 15) is 0 Å². The van der Waals surface area contributed by atoms with E-state index in [1.165, 1.54) is 49.3 Å². The fourth-order valence-electron chi connectivity index (χ4n) is 3.02. The highest BCUT2D eigenvalue weighted by Gasteiger charge is 2.18. The van der Waals surface area contributed by atoms with Gasteiger partial charge in [0.2, 0.25) is 0 Å². The third kappa shape index (κ3) is 4.72. The van der Waals surface area contributed by atoms with Gasteiger partial charge in [0.1, 0.15) is 0 Å². The van der Waals surface area contributed by atoms with Crippen LogP contribution in [0.5, 0.6) is 0 Å². The minimum absolute atomic E-state index is 1.15. The van der Waals surface area contributed by atoms with Crippen molar-refractivity contribution in [3.8, 4) is 0 Å². The quantitative estimate of drug-likeness (QED) is 0.779. The zero-order valence-corrected chi connectivity index (χ0v) is 14.0. The molecule has 3 nitrogen and oxygen atoms in total. The summed E-state index contributed by atoms with van der Waals surface area (Å²) in [7, 11) is 0. The molecule has 0 saturated carbocycles. The van der Waals surface area contributed by atoms with E-state index < -0.39 is 0 Å². The number of anilines is 1. The van der Waals surface area contributed by atoms with Crippen LogP contribution < -0.4 is 10.2 Å². The van der Waals surface area contributed by atoms with Crippen molar-refractivity contribution in [3.63, 3.8) is 0 Å². The second-order valence-electron chi connectivity index (χ2n) is 6.15. The Morgan fingerprint density at radius 2 is 1.81 bits per heavy atom. The Labute approximate surface area is 130 Å². The molecule has 0 unspecified atom stereocenters. The Bertz CT molecular complexity index is 422. The standard InChI is InChI=1S/C18H31N3/c1-4-9-19-10-6-11-20-12-14-21(15-13-20)18-8-5-7-16(2)17(18)3/h5,7-8,19H,4,6,9-15H2,1-3H3. The number of nitrogens with zero attached hydrogens (tertiary/aromatic N) is 2. The first-order valence-electron chi connectivity index (χ1n) is 8.46. The molecule has 1 aromatic carbocycles. The van der Waals surface area contributed by atoms with E-state index in [1.54, 1.807) is 0 Å². The average molecular weight is 289 g/mol. The molecule has 118 valence electrons. The first kappa shape index (κ1) is 16.3. The van der Waals surface area contributed by atoms with Crippen LogP contribution in [0, 0.1) is 13.8 Å². The van der Waals surface area contributed by atoms with Gasteiger partial charge in [-0.25, -0.2) is 0 Å². The van der Waals surface area contributed by atoms with E-state index in [0.29, 0.717) is 0 Å². The third-order valence-corrected chi connectivity index (χ3v) is 4.54. The molecule has 3 heteroatoms. The van der Waals surface area contributed by atoms with Gasteiger partial charge in [0.25, 0.3) is 0 Å². The van der Waals surface area contributed by atoms with E-state index in [1.807, 2.05) is 0 Å². The molecule has 0 spiro atoms. The highest BCUT2D eigenvalue weighted by Crippen LogP contribution is 2.23. The lowest BCUT2D eigenvalue weighted by Crippen LogP contribution is -2.47. The number of hydrogen-bond acceptors (Lipinski definition) is 3. The van der Waals surface area contributed by atoms with E-state index in [0.717, 1.165) is 26.2 Å². The van der Waals surface area contributed by atoms with Crippen LogP contribution in [0.3, 0.4) is 0 Å². The van der Waals surface area contributed by atoms with Crippen molar-refractivity contribution in [1.29, 1.82) is 0 Å². The number of benzene rings is 1. The zero-order valence-electron chi connectivity index (χ0n) is 14.0. The van der Waals surface area contributed by atoms with Crippen LogP contribution in [0.4, 0.5) is 5.69 Å². The molecule has 1 aromatic rings. The van der Waals surface area contributed by atoms with Crippen LogP contribution in [0.15, 0.2) is 18.2 Å². The largest absolute Gasteiger partial charge is 0.369 e. The first-order chi connectivity index (χ1) is 10.2. The van der Waals surface area contributed by atoms with Crippen molar-refractivity contribution in [1.82, 2.24) is 10.2 Å². The monoisotopic (exact) mass is 289 g/mol. The molecule has 0 aromatic heterocycles. The van der Waals surface area contributed by atoms with Crippen LogP contribution in [0.1, 0.15) is 30.9 Å². The lowest BCUT2D eigenvalue weighted by atomic mass is 10.1. The molecule has 1 fully saturated rings. The van der Waals surface area contributed by atoms with E-state index >= 15 is 0 Å². The second-order valence-corrected chi connectivity index (χ2v) is 6.15. The molecule has 1 saturated heterocycles. The smallest absolute Gasteiger partial charge is 0.0399 e. The van der Waals surface area contributed by atoms with Crippen molar-refractivity contribution in [2.45, 2.75) is 33.6 Å².